The fraction of sp³-hybridized carbons (Fsp3) is 0.222. The molecule has 0 aliphatic heterocycles. The van der Waals surface area contributed by atoms with Crippen molar-refractivity contribution in [2.45, 2.75) is 27.4 Å². The SMILES string of the molecule is CC.Cc1nnc(C(=O)c2cccc(OCc3ccccc3)n2)o1. The predicted octanol–water partition coefficient (Wildman–Crippen LogP) is 3.61. The number of nitrogens with zero attached hydrogens (tertiary/aromatic N) is 3. The van der Waals surface area contributed by atoms with Gasteiger partial charge >= 0.3 is 0 Å². The first-order valence-electron chi connectivity index (χ1n) is 7.71. The first-order chi connectivity index (χ1) is 11.7. The molecule has 3 rings (SSSR count). The molecule has 0 atom stereocenters. The molecule has 0 aliphatic rings. The van der Waals surface area contributed by atoms with Gasteiger partial charge in [-0.3, -0.25) is 4.79 Å². The molecular formula is C18H19N3O3. The van der Waals surface area contributed by atoms with Crippen molar-refractivity contribution in [1.29, 1.82) is 0 Å². The molecule has 2 aromatic heterocycles. The second-order valence-electron chi connectivity index (χ2n) is 4.59. The molecule has 6 nitrogen and oxygen atoms in total. The lowest BCUT2D eigenvalue weighted by Crippen LogP contribution is -2.06. The van der Waals surface area contributed by atoms with Crippen LogP contribution in [0.15, 0.2) is 52.9 Å². The van der Waals surface area contributed by atoms with Crippen LogP contribution in [0.2, 0.25) is 0 Å². The van der Waals surface area contributed by atoms with Crippen LogP contribution in [0.3, 0.4) is 0 Å². The zero-order chi connectivity index (χ0) is 17.4. The first kappa shape index (κ1) is 17.3. The molecule has 3 aromatic rings. The van der Waals surface area contributed by atoms with Gasteiger partial charge in [-0.15, -0.1) is 10.2 Å². The molecule has 2 heterocycles. The first-order valence-corrected chi connectivity index (χ1v) is 7.71. The van der Waals surface area contributed by atoms with Gasteiger partial charge in [0.15, 0.2) is 0 Å². The normalized spacial score (nSPS) is 9.79. The number of ketones is 1. The summed E-state index contributed by atoms with van der Waals surface area (Å²) in [5.74, 6) is 0.196. The highest BCUT2D eigenvalue weighted by atomic mass is 16.5. The van der Waals surface area contributed by atoms with Gasteiger partial charge in [0.05, 0.1) is 0 Å². The summed E-state index contributed by atoms with van der Waals surface area (Å²) in [7, 11) is 0. The minimum absolute atomic E-state index is 0.0785. The standard InChI is InChI=1S/C16H13N3O3.C2H6/c1-11-18-19-16(22-11)15(20)13-8-5-9-14(17-13)21-10-12-6-3-2-4-7-12;1-2/h2-9H,10H2,1H3;1-2H3. The summed E-state index contributed by atoms with van der Waals surface area (Å²) >= 11 is 0. The third-order valence-electron chi connectivity index (χ3n) is 2.91. The van der Waals surface area contributed by atoms with Crippen LogP contribution >= 0.6 is 0 Å². The molecule has 6 heteroatoms. The van der Waals surface area contributed by atoms with E-state index in [0.29, 0.717) is 18.4 Å². The third-order valence-corrected chi connectivity index (χ3v) is 2.91. The van der Waals surface area contributed by atoms with Gasteiger partial charge in [-0.05, 0) is 11.6 Å². The van der Waals surface area contributed by atoms with Gasteiger partial charge in [0.1, 0.15) is 12.3 Å². The number of pyridine rings is 1. The van der Waals surface area contributed by atoms with E-state index in [1.165, 1.54) is 0 Å². The summed E-state index contributed by atoms with van der Waals surface area (Å²) in [6, 6.07) is 14.7. The molecule has 0 unspecified atom stereocenters. The molecule has 1 aromatic carbocycles. The predicted molar refractivity (Wildman–Crippen MR) is 88.8 cm³/mol. The van der Waals surface area contributed by atoms with Gasteiger partial charge < -0.3 is 9.15 Å². The average molecular weight is 325 g/mol. The number of aromatic nitrogens is 3. The molecule has 0 amide bonds. The highest BCUT2D eigenvalue weighted by Crippen LogP contribution is 2.13. The Balaban J connectivity index is 0.00000100. The Labute approximate surface area is 140 Å². The van der Waals surface area contributed by atoms with Gasteiger partial charge in [0.25, 0.3) is 11.7 Å². The smallest absolute Gasteiger partial charge is 0.290 e. The van der Waals surface area contributed by atoms with E-state index in [-0.39, 0.29) is 11.6 Å². The van der Waals surface area contributed by atoms with Crippen molar-refractivity contribution in [2.24, 2.45) is 0 Å². The lowest BCUT2D eigenvalue weighted by molar-refractivity contribution is 0.0995. The molecule has 0 saturated carbocycles. The van der Waals surface area contributed by atoms with Crippen LogP contribution in [0.5, 0.6) is 5.88 Å². The van der Waals surface area contributed by atoms with E-state index in [1.807, 2.05) is 44.2 Å². The molecular weight excluding hydrogens is 306 g/mol. The Hall–Kier alpha value is -3.02. The van der Waals surface area contributed by atoms with Gasteiger partial charge in [0.2, 0.25) is 11.8 Å². The third kappa shape index (κ3) is 4.49. The maximum atomic E-state index is 12.2. The lowest BCUT2D eigenvalue weighted by atomic mass is 10.2. The number of rotatable bonds is 5. The minimum atomic E-state index is -0.425. The van der Waals surface area contributed by atoms with Crippen LogP contribution in [-0.4, -0.2) is 21.0 Å². The topological polar surface area (TPSA) is 78.1 Å². The van der Waals surface area contributed by atoms with Crippen LogP contribution in [0.1, 0.15) is 41.7 Å². The summed E-state index contributed by atoms with van der Waals surface area (Å²) in [5.41, 5.74) is 1.22. The van der Waals surface area contributed by atoms with Crippen molar-refractivity contribution in [3.8, 4) is 5.88 Å². The van der Waals surface area contributed by atoms with Crippen LogP contribution in [0.4, 0.5) is 0 Å². The van der Waals surface area contributed by atoms with E-state index >= 15 is 0 Å². The monoisotopic (exact) mass is 325 g/mol. The molecule has 0 N–H and O–H groups in total. The van der Waals surface area contributed by atoms with Crippen LogP contribution < -0.4 is 4.74 Å². The number of carbonyl (C=O) groups is 1. The zero-order valence-electron chi connectivity index (χ0n) is 13.9. The van der Waals surface area contributed by atoms with E-state index in [4.69, 9.17) is 9.15 Å². The van der Waals surface area contributed by atoms with Crippen molar-refractivity contribution in [1.82, 2.24) is 15.2 Å². The Bertz CT molecular complexity index is 785. The fourth-order valence-corrected chi connectivity index (χ4v) is 1.85. The molecule has 0 bridgehead atoms. The maximum absolute atomic E-state index is 12.2. The Kier molecular flexibility index (Phi) is 6.19. The lowest BCUT2D eigenvalue weighted by Gasteiger charge is -2.06. The van der Waals surface area contributed by atoms with Gasteiger partial charge in [-0.1, -0.05) is 50.2 Å². The van der Waals surface area contributed by atoms with E-state index < -0.39 is 5.78 Å². The van der Waals surface area contributed by atoms with E-state index in [2.05, 4.69) is 15.2 Å². The molecule has 0 saturated heterocycles. The molecule has 24 heavy (non-hydrogen) atoms. The summed E-state index contributed by atoms with van der Waals surface area (Å²) < 4.78 is 10.7. The van der Waals surface area contributed by atoms with E-state index in [9.17, 15) is 4.79 Å². The highest BCUT2D eigenvalue weighted by Gasteiger charge is 2.17. The quantitative estimate of drug-likeness (QED) is 0.667. The summed E-state index contributed by atoms with van der Waals surface area (Å²) in [4.78, 5) is 16.3. The van der Waals surface area contributed by atoms with Gasteiger partial charge in [0, 0.05) is 13.0 Å². The summed E-state index contributed by atoms with van der Waals surface area (Å²) in [6.07, 6.45) is 0. The zero-order valence-corrected chi connectivity index (χ0v) is 13.9. The number of carbonyl (C=O) groups excluding carboxylic acids is 1. The maximum Gasteiger partial charge on any atom is 0.290 e. The summed E-state index contributed by atoms with van der Waals surface area (Å²) in [5, 5.41) is 7.33. The second kappa shape index (κ2) is 8.57. The number of aryl methyl sites for hydroxylation is 1. The minimum Gasteiger partial charge on any atom is -0.473 e. The highest BCUT2D eigenvalue weighted by molar-refractivity contribution is 6.04. The average Bonchev–Trinajstić information content (AvgIpc) is 3.08. The largest absolute Gasteiger partial charge is 0.473 e. The summed E-state index contributed by atoms with van der Waals surface area (Å²) in [6.45, 7) is 6.00. The molecule has 0 spiro atoms. The fourth-order valence-electron chi connectivity index (χ4n) is 1.85. The Morgan fingerprint density at radius 1 is 1.04 bits per heavy atom. The van der Waals surface area contributed by atoms with Crippen molar-refractivity contribution < 1.29 is 13.9 Å². The molecule has 0 fully saturated rings. The second-order valence-corrected chi connectivity index (χ2v) is 4.59. The van der Waals surface area contributed by atoms with Crippen LogP contribution in [0, 0.1) is 6.92 Å². The van der Waals surface area contributed by atoms with Crippen molar-refractivity contribution >= 4 is 5.78 Å². The molecule has 124 valence electrons. The van der Waals surface area contributed by atoms with Crippen molar-refractivity contribution in [3.05, 3.63) is 71.6 Å². The van der Waals surface area contributed by atoms with E-state index in [1.54, 1.807) is 25.1 Å². The van der Waals surface area contributed by atoms with Crippen LogP contribution in [-0.2, 0) is 6.61 Å². The van der Waals surface area contributed by atoms with Gasteiger partial charge in [-0.2, -0.15) is 0 Å². The number of hydrogen-bond acceptors (Lipinski definition) is 6. The van der Waals surface area contributed by atoms with Gasteiger partial charge in [-0.25, -0.2) is 4.98 Å². The Morgan fingerprint density at radius 3 is 2.46 bits per heavy atom. The van der Waals surface area contributed by atoms with Crippen molar-refractivity contribution in [2.75, 3.05) is 0 Å². The number of hydrogen-bond donors (Lipinski definition) is 0. The van der Waals surface area contributed by atoms with E-state index in [0.717, 1.165) is 5.56 Å². The molecule has 0 radical (unpaired) electrons. The van der Waals surface area contributed by atoms with Crippen molar-refractivity contribution in [3.63, 3.8) is 0 Å². The Morgan fingerprint density at radius 2 is 1.79 bits per heavy atom. The van der Waals surface area contributed by atoms with Crippen LogP contribution in [0.25, 0.3) is 0 Å². The molecule has 0 aliphatic carbocycles. The number of benzene rings is 1. The number of ether oxygens (including phenoxy) is 1.